The Morgan fingerprint density at radius 1 is 0.926 bits per heavy atom. The predicted molar refractivity (Wildman–Crippen MR) is 98.0 cm³/mol. The number of carbonyl (C=O) groups excluding carboxylic acids is 2. The van der Waals surface area contributed by atoms with Crippen LogP contribution in [0.3, 0.4) is 0 Å². The van der Waals surface area contributed by atoms with Crippen LogP contribution < -0.4 is 0 Å². The molecule has 2 aliphatic rings. The summed E-state index contributed by atoms with van der Waals surface area (Å²) in [6.07, 6.45) is 2.24. The average Bonchev–Trinajstić information content (AvgIpc) is 2.67. The molecule has 2 heterocycles. The molecule has 7 nitrogen and oxygen atoms in total. The summed E-state index contributed by atoms with van der Waals surface area (Å²) in [5.74, 6) is -0.674. The SMILES string of the molecule is CS(=O)(=O)N1CCC(C(=O)N2CCN(C(=O)c3ccc(F)cc3)CC2)CC1. The average molecular weight is 397 g/mol. The first-order valence-corrected chi connectivity index (χ1v) is 10.9. The molecule has 0 radical (unpaired) electrons. The van der Waals surface area contributed by atoms with E-state index in [-0.39, 0.29) is 23.5 Å². The number of rotatable bonds is 3. The second kappa shape index (κ2) is 7.93. The number of hydrogen-bond donors (Lipinski definition) is 0. The highest BCUT2D eigenvalue weighted by atomic mass is 32.2. The Hall–Kier alpha value is -2.00. The van der Waals surface area contributed by atoms with Gasteiger partial charge < -0.3 is 9.80 Å². The lowest BCUT2D eigenvalue weighted by molar-refractivity contribution is -0.138. The maximum atomic E-state index is 13.0. The van der Waals surface area contributed by atoms with Gasteiger partial charge in [-0.25, -0.2) is 17.1 Å². The number of amides is 2. The van der Waals surface area contributed by atoms with Crippen LogP contribution in [-0.4, -0.2) is 79.9 Å². The minimum atomic E-state index is -3.20. The van der Waals surface area contributed by atoms with E-state index in [1.165, 1.54) is 34.8 Å². The molecule has 0 spiro atoms. The fourth-order valence-electron chi connectivity index (χ4n) is 3.60. The minimum Gasteiger partial charge on any atom is -0.339 e. The lowest BCUT2D eigenvalue weighted by atomic mass is 9.96. The highest BCUT2D eigenvalue weighted by molar-refractivity contribution is 7.88. The number of carbonyl (C=O) groups is 2. The van der Waals surface area contributed by atoms with Crippen molar-refractivity contribution in [3.8, 4) is 0 Å². The maximum absolute atomic E-state index is 13.0. The van der Waals surface area contributed by atoms with Gasteiger partial charge in [0, 0.05) is 50.7 Å². The number of piperazine rings is 1. The maximum Gasteiger partial charge on any atom is 0.253 e. The van der Waals surface area contributed by atoms with Gasteiger partial charge in [0.1, 0.15) is 5.82 Å². The molecular weight excluding hydrogens is 373 g/mol. The Labute approximate surface area is 158 Å². The summed E-state index contributed by atoms with van der Waals surface area (Å²) in [4.78, 5) is 28.6. The molecule has 0 bridgehead atoms. The standard InChI is InChI=1S/C18H24FN3O4S/c1-27(25,26)22-8-6-15(7-9-22)18(24)21-12-10-20(11-13-21)17(23)14-2-4-16(19)5-3-14/h2-5,15H,6-13H2,1H3. The van der Waals surface area contributed by atoms with Crippen molar-refractivity contribution in [1.29, 1.82) is 0 Å². The molecule has 9 heteroatoms. The largest absolute Gasteiger partial charge is 0.339 e. The Balaban J connectivity index is 1.51. The first kappa shape index (κ1) is 19.8. The lowest BCUT2D eigenvalue weighted by Gasteiger charge is -2.38. The molecule has 0 aliphatic carbocycles. The fourth-order valence-corrected chi connectivity index (χ4v) is 4.47. The van der Waals surface area contributed by atoms with Crippen LogP contribution in [0, 0.1) is 11.7 Å². The Bertz CT molecular complexity index is 796. The van der Waals surface area contributed by atoms with E-state index >= 15 is 0 Å². The third kappa shape index (κ3) is 4.65. The molecule has 0 N–H and O–H groups in total. The van der Waals surface area contributed by atoms with Gasteiger partial charge in [-0.3, -0.25) is 9.59 Å². The highest BCUT2D eigenvalue weighted by Crippen LogP contribution is 2.22. The van der Waals surface area contributed by atoms with Gasteiger partial charge >= 0.3 is 0 Å². The second-order valence-corrected chi connectivity index (χ2v) is 9.04. The third-order valence-corrected chi connectivity index (χ3v) is 6.55. The van der Waals surface area contributed by atoms with Crippen LogP contribution in [0.1, 0.15) is 23.2 Å². The van der Waals surface area contributed by atoms with E-state index in [1.807, 2.05) is 0 Å². The van der Waals surface area contributed by atoms with Crippen molar-refractivity contribution in [3.63, 3.8) is 0 Å². The summed E-state index contributed by atoms with van der Waals surface area (Å²) in [5.41, 5.74) is 0.435. The quantitative estimate of drug-likeness (QED) is 0.755. The lowest BCUT2D eigenvalue weighted by Crippen LogP contribution is -2.53. The molecule has 1 aromatic rings. The number of hydrogen-bond acceptors (Lipinski definition) is 4. The third-order valence-electron chi connectivity index (χ3n) is 5.24. The fraction of sp³-hybridized carbons (Fsp3) is 0.556. The molecule has 0 atom stereocenters. The van der Waals surface area contributed by atoms with Crippen molar-refractivity contribution in [1.82, 2.24) is 14.1 Å². The van der Waals surface area contributed by atoms with Crippen molar-refractivity contribution in [3.05, 3.63) is 35.6 Å². The van der Waals surface area contributed by atoms with Gasteiger partial charge in [-0.1, -0.05) is 0 Å². The first-order chi connectivity index (χ1) is 12.8. The monoisotopic (exact) mass is 397 g/mol. The number of piperidine rings is 1. The second-order valence-electron chi connectivity index (χ2n) is 7.06. The first-order valence-electron chi connectivity index (χ1n) is 9.04. The van der Waals surface area contributed by atoms with E-state index in [2.05, 4.69) is 0 Å². The summed E-state index contributed by atoms with van der Waals surface area (Å²) in [6.45, 7) is 2.53. The summed E-state index contributed by atoms with van der Waals surface area (Å²) in [6, 6.07) is 5.45. The van der Waals surface area contributed by atoms with Crippen LogP contribution in [-0.2, 0) is 14.8 Å². The number of sulfonamides is 1. The summed E-state index contributed by atoms with van der Waals surface area (Å²) in [5, 5.41) is 0. The molecule has 0 unspecified atom stereocenters. The van der Waals surface area contributed by atoms with E-state index in [0.717, 1.165) is 0 Å². The van der Waals surface area contributed by atoms with E-state index in [4.69, 9.17) is 0 Å². The molecule has 2 fully saturated rings. The van der Waals surface area contributed by atoms with Gasteiger partial charge in [0.2, 0.25) is 15.9 Å². The van der Waals surface area contributed by atoms with E-state index in [0.29, 0.717) is 57.7 Å². The van der Waals surface area contributed by atoms with Crippen LogP contribution in [0.15, 0.2) is 24.3 Å². The van der Waals surface area contributed by atoms with Gasteiger partial charge in [0.05, 0.1) is 6.26 Å². The molecule has 148 valence electrons. The van der Waals surface area contributed by atoms with Crippen molar-refractivity contribution in [2.24, 2.45) is 5.92 Å². The van der Waals surface area contributed by atoms with Crippen LogP contribution >= 0.6 is 0 Å². The normalized spacial score (nSPS) is 19.9. The molecule has 27 heavy (non-hydrogen) atoms. The van der Waals surface area contributed by atoms with Crippen LogP contribution in [0.4, 0.5) is 4.39 Å². The van der Waals surface area contributed by atoms with Gasteiger partial charge in [0.25, 0.3) is 5.91 Å². The predicted octanol–water partition coefficient (Wildman–Crippen LogP) is 0.782. The molecule has 2 amide bonds. The van der Waals surface area contributed by atoms with Gasteiger partial charge in [0.15, 0.2) is 0 Å². The van der Waals surface area contributed by atoms with Crippen molar-refractivity contribution < 1.29 is 22.4 Å². The smallest absolute Gasteiger partial charge is 0.253 e. The van der Waals surface area contributed by atoms with Crippen LogP contribution in [0.5, 0.6) is 0 Å². The number of nitrogens with zero attached hydrogens (tertiary/aromatic N) is 3. The molecule has 2 aliphatic heterocycles. The molecule has 2 saturated heterocycles. The molecular formula is C18H24FN3O4S. The number of halogens is 1. The summed E-state index contributed by atoms with van der Waals surface area (Å²) >= 11 is 0. The van der Waals surface area contributed by atoms with Crippen LogP contribution in [0.25, 0.3) is 0 Å². The van der Waals surface area contributed by atoms with Crippen LogP contribution in [0.2, 0.25) is 0 Å². The zero-order chi connectivity index (χ0) is 19.6. The van der Waals surface area contributed by atoms with Crippen molar-refractivity contribution in [2.45, 2.75) is 12.8 Å². The van der Waals surface area contributed by atoms with E-state index in [9.17, 15) is 22.4 Å². The number of benzene rings is 1. The molecule has 3 rings (SSSR count). The van der Waals surface area contributed by atoms with E-state index < -0.39 is 10.0 Å². The van der Waals surface area contributed by atoms with Gasteiger partial charge in [-0.2, -0.15) is 0 Å². The Morgan fingerprint density at radius 3 is 1.96 bits per heavy atom. The zero-order valence-electron chi connectivity index (χ0n) is 15.3. The topological polar surface area (TPSA) is 78.0 Å². The Kier molecular flexibility index (Phi) is 5.81. The van der Waals surface area contributed by atoms with Crippen molar-refractivity contribution in [2.75, 3.05) is 45.5 Å². The molecule has 1 aromatic carbocycles. The molecule has 0 saturated carbocycles. The van der Waals surface area contributed by atoms with Gasteiger partial charge in [-0.15, -0.1) is 0 Å². The molecule has 0 aromatic heterocycles. The minimum absolute atomic E-state index is 0.0389. The summed E-state index contributed by atoms with van der Waals surface area (Å²) < 4.78 is 37.6. The summed E-state index contributed by atoms with van der Waals surface area (Å²) in [7, 11) is -3.20. The van der Waals surface area contributed by atoms with E-state index in [1.54, 1.807) is 9.80 Å². The zero-order valence-corrected chi connectivity index (χ0v) is 16.1. The van der Waals surface area contributed by atoms with Gasteiger partial charge in [-0.05, 0) is 37.1 Å². The van der Waals surface area contributed by atoms with Crippen molar-refractivity contribution >= 4 is 21.8 Å². The highest BCUT2D eigenvalue weighted by Gasteiger charge is 2.33. The Morgan fingerprint density at radius 2 is 1.44 bits per heavy atom.